The van der Waals surface area contributed by atoms with Crippen LogP contribution in [-0.2, 0) is 0 Å². The number of carbonyl (C=O) groups is 1. The molecule has 0 saturated carbocycles. The summed E-state index contributed by atoms with van der Waals surface area (Å²) in [7, 11) is 2.05. The average molecular weight is 329 g/mol. The van der Waals surface area contributed by atoms with Crippen molar-refractivity contribution < 1.29 is 9.53 Å². The Bertz CT molecular complexity index is 517. The fourth-order valence-corrected chi connectivity index (χ4v) is 2.31. The lowest BCUT2D eigenvalue weighted by Crippen LogP contribution is -2.17. The molecule has 1 aromatic carbocycles. The maximum absolute atomic E-state index is 12.1. The topological polar surface area (TPSA) is 29.5 Å². The first-order valence-electron chi connectivity index (χ1n) is 8.73. The zero-order chi connectivity index (χ0) is 17.8. The van der Waals surface area contributed by atoms with Crippen LogP contribution in [0.4, 0.5) is 0 Å². The second-order valence-corrected chi connectivity index (χ2v) is 6.53. The van der Waals surface area contributed by atoms with Gasteiger partial charge in [0.15, 0.2) is 5.78 Å². The summed E-state index contributed by atoms with van der Waals surface area (Å²) in [5, 5.41) is 0. The van der Waals surface area contributed by atoms with Gasteiger partial charge >= 0.3 is 0 Å². The van der Waals surface area contributed by atoms with Crippen LogP contribution in [0.5, 0.6) is 5.75 Å². The van der Waals surface area contributed by atoms with Gasteiger partial charge in [0.2, 0.25) is 0 Å². The van der Waals surface area contributed by atoms with Crippen LogP contribution in [0, 0.1) is 5.92 Å². The molecule has 0 amide bonds. The van der Waals surface area contributed by atoms with Crippen molar-refractivity contribution in [1.82, 2.24) is 4.90 Å². The Morgan fingerprint density at radius 2 is 1.92 bits per heavy atom. The number of benzene rings is 1. The van der Waals surface area contributed by atoms with Gasteiger partial charge in [-0.2, -0.15) is 0 Å². The van der Waals surface area contributed by atoms with Crippen molar-refractivity contribution in [3.63, 3.8) is 0 Å². The largest absolute Gasteiger partial charge is 0.490 e. The minimum absolute atomic E-state index is 0.215. The third kappa shape index (κ3) is 8.68. The number of hydrogen-bond acceptors (Lipinski definition) is 3. The summed E-state index contributed by atoms with van der Waals surface area (Å²) in [4.78, 5) is 14.2. The Morgan fingerprint density at radius 1 is 1.21 bits per heavy atom. The predicted octanol–water partition coefficient (Wildman–Crippen LogP) is 4.75. The molecule has 0 saturated heterocycles. The molecule has 0 heterocycles. The Balaban J connectivity index is 2.32. The molecule has 0 aliphatic rings. The number of rotatable bonds is 12. The molecule has 1 aromatic rings. The van der Waals surface area contributed by atoms with Gasteiger partial charge in [-0.3, -0.25) is 9.69 Å². The minimum Gasteiger partial charge on any atom is -0.490 e. The van der Waals surface area contributed by atoms with Gasteiger partial charge < -0.3 is 4.74 Å². The molecule has 0 aliphatic carbocycles. The van der Waals surface area contributed by atoms with Gasteiger partial charge in [0.1, 0.15) is 12.4 Å². The highest BCUT2D eigenvalue weighted by Gasteiger charge is 2.06. The normalized spacial score (nSPS) is 11.4. The van der Waals surface area contributed by atoms with E-state index in [1.165, 1.54) is 0 Å². The molecular formula is C21H31NO2. The Kier molecular flexibility index (Phi) is 9.78. The summed E-state index contributed by atoms with van der Waals surface area (Å²) in [6.45, 7) is 10.4. The van der Waals surface area contributed by atoms with E-state index >= 15 is 0 Å². The van der Waals surface area contributed by atoms with Crippen molar-refractivity contribution >= 4 is 5.78 Å². The smallest absolute Gasteiger partial charge is 0.162 e. The average Bonchev–Trinajstić information content (AvgIpc) is 2.55. The molecule has 0 atom stereocenters. The molecular weight excluding hydrogens is 298 g/mol. The van der Waals surface area contributed by atoms with Gasteiger partial charge in [-0.25, -0.2) is 0 Å². The molecule has 0 N–H and O–H groups in total. The molecule has 0 radical (unpaired) electrons. The number of hydrogen-bond donors (Lipinski definition) is 0. The fourth-order valence-electron chi connectivity index (χ4n) is 2.31. The number of likely N-dealkylation sites (N-methyl/N-ethyl adjacent to an activating group) is 1. The molecule has 0 fully saturated rings. The molecule has 0 aromatic heterocycles. The van der Waals surface area contributed by atoms with Crippen LogP contribution < -0.4 is 4.74 Å². The van der Waals surface area contributed by atoms with Crippen molar-refractivity contribution in [1.29, 1.82) is 0 Å². The Morgan fingerprint density at radius 3 is 2.54 bits per heavy atom. The van der Waals surface area contributed by atoms with E-state index in [4.69, 9.17) is 4.74 Å². The molecule has 0 unspecified atom stereocenters. The minimum atomic E-state index is 0.215. The molecule has 3 heteroatoms. The second kappa shape index (κ2) is 11.6. The lowest BCUT2D eigenvalue weighted by atomic mass is 10.0. The van der Waals surface area contributed by atoms with Crippen LogP contribution in [-0.4, -0.2) is 37.4 Å². The Labute approximate surface area is 147 Å². The maximum atomic E-state index is 12.1. The highest BCUT2D eigenvalue weighted by Crippen LogP contribution is 2.15. The van der Waals surface area contributed by atoms with Gasteiger partial charge in [-0.1, -0.05) is 38.5 Å². The van der Waals surface area contributed by atoms with Crippen LogP contribution in [0.15, 0.2) is 49.1 Å². The second-order valence-electron chi connectivity index (χ2n) is 6.53. The predicted molar refractivity (Wildman–Crippen MR) is 102 cm³/mol. The maximum Gasteiger partial charge on any atom is 0.162 e. The summed E-state index contributed by atoms with van der Waals surface area (Å²) in [5.41, 5.74) is 0.771. The van der Waals surface area contributed by atoms with E-state index in [1.807, 2.05) is 43.5 Å². The van der Waals surface area contributed by atoms with Crippen molar-refractivity contribution in [2.45, 2.75) is 33.1 Å². The van der Waals surface area contributed by atoms with E-state index in [2.05, 4.69) is 31.4 Å². The summed E-state index contributed by atoms with van der Waals surface area (Å²) >= 11 is 0. The molecule has 24 heavy (non-hydrogen) atoms. The standard InChI is InChI=1S/C21H31NO2/c1-5-15-22(4)16-6-7-17-24-20-13-11-19(12-14-20)21(23)10-8-9-18(2)3/h5-7,11-14,18H,1,8-10,15-17H2,2-4H3. The van der Waals surface area contributed by atoms with E-state index in [0.717, 1.165) is 37.2 Å². The van der Waals surface area contributed by atoms with Gasteiger partial charge in [0.25, 0.3) is 0 Å². The summed E-state index contributed by atoms with van der Waals surface area (Å²) in [6.07, 6.45) is 8.65. The molecule has 132 valence electrons. The fraction of sp³-hybridized carbons (Fsp3) is 0.476. The Hall–Kier alpha value is -1.87. The third-order valence-electron chi connectivity index (χ3n) is 3.73. The first kappa shape index (κ1) is 20.2. The van der Waals surface area contributed by atoms with E-state index in [9.17, 15) is 4.79 Å². The number of carbonyl (C=O) groups excluding carboxylic acids is 1. The lowest BCUT2D eigenvalue weighted by molar-refractivity contribution is 0.0978. The molecule has 0 aliphatic heterocycles. The number of ether oxygens (including phenoxy) is 1. The van der Waals surface area contributed by atoms with Gasteiger partial charge in [0.05, 0.1) is 0 Å². The van der Waals surface area contributed by atoms with E-state index in [0.29, 0.717) is 18.9 Å². The van der Waals surface area contributed by atoms with Crippen LogP contribution in [0.1, 0.15) is 43.5 Å². The van der Waals surface area contributed by atoms with Crippen molar-refractivity contribution in [2.75, 3.05) is 26.7 Å². The van der Waals surface area contributed by atoms with Crippen molar-refractivity contribution in [2.24, 2.45) is 5.92 Å². The molecule has 0 bridgehead atoms. The summed E-state index contributed by atoms with van der Waals surface area (Å²) in [5.74, 6) is 1.66. The van der Waals surface area contributed by atoms with Crippen molar-refractivity contribution in [3.8, 4) is 5.75 Å². The number of Topliss-reactive ketones (excluding diaryl/α,β-unsaturated/α-hetero) is 1. The summed E-state index contributed by atoms with van der Waals surface area (Å²) in [6, 6.07) is 7.45. The monoisotopic (exact) mass is 329 g/mol. The van der Waals surface area contributed by atoms with E-state index in [1.54, 1.807) is 0 Å². The van der Waals surface area contributed by atoms with Crippen LogP contribution in [0.3, 0.4) is 0 Å². The van der Waals surface area contributed by atoms with Crippen LogP contribution >= 0.6 is 0 Å². The zero-order valence-electron chi connectivity index (χ0n) is 15.3. The zero-order valence-corrected chi connectivity index (χ0v) is 15.3. The van der Waals surface area contributed by atoms with Gasteiger partial charge in [0, 0.05) is 25.1 Å². The number of nitrogens with zero attached hydrogens (tertiary/aromatic N) is 1. The lowest BCUT2D eigenvalue weighted by Gasteiger charge is -2.10. The van der Waals surface area contributed by atoms with E-state index < -0.39 is 0 Å². The number of ketones is 1. The molecule has 0 spiro atoms. The highest BCUT2D eigenvalue weighted by molar-refractivity contribution is 5.96. The van der Waals surface area contributed by atoms with E-state index in [-0.39, 0.29) is 5.78 Å². The SMILES string of the molecule is C=CCN(C)CC=CCOc1ccc(C(=O)CCCC(C)C)cc1. The summed E-state index contributed by atoms with van der Waals surface area (Å²) < 4.78 is 5.66. The highest BCUT2D eigenvalue weighted by atomic mass is 16.5. The van der Waals surface area contributed by atoms with Crippen molar-refractivity contribution in [3.05, 3.63) is 54.6 Å². The van der Waals surface area contributed by atoms with Crippen LogP contribution in [0.25, 0.3) is 0 Å². The quantitative estimate of drug-likeness (QED) is 0.409. The molecule has 1 rings (SSSR count). The molecule has 3 nitrogen and oxygen atoms in total. The van der Waals surface area contributed by atoms with Gasteiger partial charge in [-0.15, -0.1) is 6.58 Å². The van der Waals surface area contributed by atoms with Crippen LogP contribution in [0.2, 0.25) is 0 Å². The third-order valence-corrected chi connectivity index (χ3v) is 3.73. The van der Waals surface area contributed by atoms with Gasteiger partial charge in [-0.05, 0) is 43.7 Å². The first-order chi connectivity index (χ1) is 11.5. The first-order valence-corrected chi connectivity index (χ1v) is 8.73.